The summed E-state index contributed by atoms with van der Waals surface area (Å²) in [6, 6.07) is 0.693. The number of hydrogen-bond donors (Lipinski definition) is 1. The first kappa shape index (κ1) is 10.4. The largest absolute Gasteiger partial charge is 0.329 e. The van der Waals surface area contributed by atoms with Crippen LogP contribution in [-0.4, -0.2) is 30.6 Å². The topological polar surface area (TPSA) is 29.3 Å². The lowest BCUT2D eigenvalue weighted by atomic mass is 9.85. The Hall–Kier alpha value is -0.0800. The van der Waals surface area contributed by atoms with Crippen molar-refractivity contribution in [2.24, 2.45) is 11.7 Å². The molecule has 2 aliphatic rings. The molecule has 2 fully saturated rings. The van der Waals surface area contributed by atoms with E-state index in [1.54, 1.807) is 0 Å². The second kappa shape index (κ2) is 5.13. The lowest BCUT2D eigenvalue weighted by Gasteiger charge is -2.36. The van der Waals surface area contributed by atoms with Crippen LogP contribution in [0.3, 0.4) is 0 Å². The first-order valence-electron chi connectivity index (χ1n) is 6.34. The maximum Gasteiger partial charge on any atom is 0.0218 e. The smallest absolute Gasteiger partial charge is 0.0218 e. The van der Waals surface area contributed by atoms with Gasteiger partial charge in [0.25, 0.3) is 0 Å². The van der Waals surface area contributed by atoms with Gasteiger partial charge in [-0.15, -0.1) is 0 Å². The van der Waals surface area contributed by atoms with Crippen molar-refractivity contribution in [2.45, 2.75) is 51.0 Å². The van der Waals surface area contributed by atoms with Crippen LogP contribution in [0.2, 0.25) is 0 Å². The zero-order valence-electron chi connectivity index (χ0n) is 9.25. The number of nitrogens with zero attached hydrogens (tertiary/aromatic N) is 1. The molecule has 1 atom stereocenters. The number of nitrogens with two attached hydrogens (primary N) is 1. The van der Waals surface area contributed by atoms with E-state index in [1.807, 2.05) is 0 Å². The van der Waals surface area contributed by atoms with Crippen molar-refractivity contribution >= 4 is 0 Å². The minimum absolute atomic E-state index is 0.693. The van der Waals surface area contributed by atoms with Crippen LogP contribution in [0.25, 0.3) is 0 Å². The van der Waals surface area contributed by atoms with E-state index in [-0.39, 0.29) is 0 Å². The van der Waals surface area contributed by atoms with Crippen molar-refractivity contribution in [3.63, 3.8) is 0 Å². The van der Waals surface area contributed by atoms with Crippen LogP contribution in [0, 0.1) is 5.92 Å². The van der Waals surface area contributed by atoms with Gasteiger partial charge in [-0.05, 0) is 38.1 Å². The van der Waals surface area contributed by atoms with Gasteiger partial charge in [0, 0.05) is 19.1 Å². The van der Waals surface area contributed by atoms with E-state index in [4.69, 9.17) is 5.73 Å². The maximum absolute atomic E-state index is 5.86. The fourth-order valence-corrected chi connectivity index (χ4v) is 2.75. The molecule has 0 radical (unpaired) electrons. The van der Waals surface area contributed by atoms with Crippen molar-refractivity contribution in [2.75, 3.05) is 19.6 Å². The van der Waals surface area contributed by atoms with Crippen LogP contribution >= 0.6 is 0 Å². The molecule has 82 valence electrons. The summed E-state index contributed by atoms with van der Waals surface area (Å²) < 4.78 is 0. The fraction of sp³-hybridized carbons (Fsp3) is 1.00. The Morgan fingerprint density at radius 2 is 1.86 bits per heavy atom. The predicted molar refractivity (Wildman–Crippen MR) is 60.2 cm³/mol. The Morgan fingerprint density at radius 3 is 2.50 bits per heavy atom. The second-order valence-corrected chi connectivity index (χ2v) is 5.03. The average molecular weight is 196 g/mol. The van der Waals surface area contributed by atoms with Crippen LogP contribution < -0.4 is 5.73 Å². The molecule has 2 heteroatoms. The molecule has 2 N–H and O–H groups in total. The molecular formula is C12H24N2. The lowest BCUT2D eigenvalue weighted by molar-refractivity contribution is 0.137. The van der Waals surface area contributed by atoms with Gasteiger partial charge in [-0.25, -0.2) is 0 Å². The van der Waals surface area contributed by atoms with Gasteiger partial charge in [-0.2, -0.15) is 0 Å². The number of rotatable bonds is 3. The molecule has 2 nitrogen and oxygen atoms in total. The van der Waals surface area contributed by atoms with Gasteiger partial charge >= 0.3 is 0 Å². The van der Waals surface area contributed by atoms with Crippen molar-refractivity contribution in [3.05, 3.63) is 0 Å². The zero-order valence-corrected chi connectivity index (χ0v) is 9.25. The maximum atomic E-state index is 5.86. The Bertz CT molecular complexity index is 166. The summed E-state index contributed by atoms with van der Waals surface area (Å²) in [5.41, 5.74) is 5.86. The number of hydrogen-bond acceptors (Lipinski definition) is 2. The average Bonchev–Trinajstić information content (AvgIpc) is 2.35. The molecular weight excluding hydrogens is 172 g/mol. The van der Waals surface area contributed by atoms with Gasteiger partial charge in [-0.3, -0.25) is 4.90 Å². The van der Waals surface area contributed by atoms with Gasteiger partial charge in [0.1, 0.15) is 0 Å². The zero-order chi connectivity index (χ0) is 9.80. The highest BCUT2D eigenvalue weighted by Crippen LogP contribution is 2.29. The SMILES string of the molecule is NCC1CCCCCN1CC1CCC1. The normalized spacial score (nSPS) is 31.1. The summed E-state index contributed by atoms with van der Waals surface area (Å²) in [5.74, 6) is 1.00. The van der Waals surface area contributed by atoms with Gasteiger partial charge in [0.15, 0.2) is 0 Å². The van der Waals surface area contributed by atoms with Gasteiger partial charge in [0.05, 0.1) is 0 Å². The van der Waals surface area contributed by atoms with Crippen molar-refractivity contribution in [3.8, 4) is 0 Å². The van der Waals surface area contributed by atoms with E-state index in [0.29, 0.717) is 6.04 Å². The Balaban J connectivity index is 1.83. The van der Waals surface area contributed by atoms with Gasteiger partial charge in [-0.1, -0.05) is 19.3 Å². The molecule has 1 saturated carbocycles. The van der Waals surface area contributed by atoms with Gasteiger partial charge in [0.2, 0.25) is 0 Å². The molecule has 1 saturated heterocycles. The molecule has 14 heavy (non-hydrogen) atoms. The van der Waals surface area contributed by atoms with Crippen LogP contribution in [0.15, 0.2) is 0 Å². The highest BCUT2D eigenvalue weighted by atomic mass is 15.2. The molecule has 0 aromatic heterocycles. The summed E-state index contributed by atoms with van der Waals surface area (Å²) in [6.45, 7) is 3.51. The Kier molecular flexibility index (Phi) is 3.82. The van der Waals surface area contributed by atoms with Crippen molar-refractivity contribution in [1.82, 2.24) is 4.90 Å². The van der Waals surface area contributed by atoms with E-state index >= 15 is 0 Å². The highest BCUT2D eigenvalue weighted by Gasteiger charge is 2.25. The van der Waals surface area contributed by atoms with Crippen LogP contribution in [-0.2, 0) is 0 Å². The molecule has 0 amide bonds. The lowest BCUT2D eigenvalue weighted by Crippen LogP contribution is -2.43. The summed E-state index contributed by atoms with van der Waals surface area (Å²) in [5, 5.41) is 0. The molecule has 1 unspecified atom stereocenters. The molecule has 0 bridgehead atoms. The fourth-order valence-electron chi connectivity index (χ4n) is 2.75. The minimum Gasteiger partial charge on any atom is -0.329 e. The first-order chi connectivity index (χ1) is 6.90. The monoisotopic (exact) mass is 196 g/mol. The van der Waals surface area contributed by atoms with Crippen LogP contribution in [0.5, 0.6) is 0 Å². The van der Waals surface area contributed by atoms with E-state index in [2.05, 4.69) is 4.90 Å². The standard InChI is InChI=1S/C12H24N2/c13-9-12-7-2-1-3-8-14(12)10-11-5-4-6-11/h11-12H,1-10,13H2. The third kappa shape index (κ3) is 2.48. The molecule has 1 aliphatic heterocycles. The summed E-state index contributed by atoms with van der Waals surface area (Å²) in [4.78, 5) is 2.68. The molecule has 0 spiro atoms. The highest BCUT2D eigenvalue weighted by molar-refractivity contribution is 4.81. The molecule has 0 aromatic carbocycles. The third-order valence-corrected chi connectivity index (χ3v) is 3.99. The van der Waals surface area contributed by atoms with Crippen LogP contribution in [0.4, 0.5) is 0 Å². The quantitative estimate of drug-likeness (QED) is 0.748. The Labute approximate surface area is 87.8 Å². The summed E-state index contributed by atoms with van der Waals surface area (Å²) in [6.07, 6.45) is 9.93. The van der Waals surface area contributed by atoms with E-state index < -0.39 is 0 Å². The van der Waals surface area contributed by atoms with Gasteiger partial charge < -0.3 is 5.73 Å². The molecule has 1 heterocycles. The summed E-state index contributed by atoms with van der Waals surface area (Å²) >= 11 is 0. The van der Waals surface area contributed by atoms with Crippen LogP contribution in [0.1, 0.15) is 44.9 Å². The minimum atomic E-state index is 0.693. The molecule has 0 aromatic rings. The Morgan fingerprint density at radius 1 is 1.00 bits per heavy atom. The third-order valence-electron chi connectivity index (χ3n) is 3.99. The molecule has 2 rings (SSSR count). The molecule has 1 aliphatic carbocycles. The van der Waals surface area contributed by atoms with Crippen molar-refractivity contribution < 1.29 is 0 Å². The van der Waals surface area contributed by atoms with E-state index in [9.17, 15) is 0 Å². The van der Waals surface area contributed by atoms with Crippen molar-refractivity contribution in [1.29, 1.82) is 0 Å². The predicted octanol–water partition coefficient (Wildman–Crippen LogP) is 1.99. The second-order valence-electron chi connectivity index (χ2n) is 5.03. The van der Waals surface area contributed by atoms with E-state index in [0.717, 1.165) is 12.5 Å². The summed E-state index contributed by atoms with van der Waals surface area (Å²) in [7, 11) is 0. The first-order valence-corrected chi connectivity index (χ1v) is 6.34. The number of likely N-dealkylation sites (tertiary alicyclic amines) is 1. The van der Waals surface area contributed by atoms with E-state index in [1.165, 1.54) is 58.0 Å².